The van der Waals surface area contributed by atoms with Crippen LogP contribution in [0.5, 0.6) is 0 Å². The number of halogens is 2. The summed E-state index contributed by atoms with van der Waals surface area (Å²) in [6.07, 6.45) is 0. The van der Waals surface area contributed by atoms with Crippen LogP contribution in [0.3, 0.4) is 0 Å². The molecule has 1 unspecified atom stereocenters. The number of aliphatic hydroxyl groups is 1. The summed E-state index contributed by atoms with van der Waals surface area (Å²) in [6, 6.07) is 12.0. The summed E-state index contributed by atoms with van der Waals surface area (Å²) in [6.45, 7) is 3.50. The standard InChI is InChI=1S/C23H18ClFN2O3S/c1-12-22(31-13(2)26-12)20(28)18-19(17-15(24)9-6-10-16(17)25)27(23(30)21(18)29)11-14-7-4-3-5-8-14/h3-10,19,29H,11H2,1-2H3. The average Bonchev–Trinajstić information content (AvgIpc) is 3.19. The Morgan fingerprint density at radius 2 is 1.90 bits per heavy atom. The molecule has 0 saturated carbocycles. The van der Waals surface area contributed by atoms with E-state index in [0.29, 0.717) is 15.6 Å². The Morgan fingerprint density at radius 3 is 2.52 bits per heavy atom. The molecule has 158 valence electrons. The number of amides is 1. The summed E-state index contributed by atoms with van der Waals surface area (Å²) >= 11 is 7.48. The van der Waals surface area contributed by atoms with Crippen LogP contribution in [0.2, 0.25) is 5.02 Å². The van der Waals surface area contributed by atoms with Crippen molar-refractivity contribution in [3.05, 3.63) is 97.4 Å². The maximum atomic E-state index is 14.9. The van der Waals surface area contributed by atoms with E-state index in [-0.39, 0.29) is 22.7 Å². The summed E-state index contributed by atoms with van der Waals surface area (Å²) in [5.74, 6) is -2.68. The van der Waals surface area contributed by atoms with Gasteiger partial charge in [0.2, 0.25) is 5.78 Å². The smallest absolute Gasteiger partial charge is 0.290 e. The van der Waals surface area contributed by atoms with E-state index in [1.54, 1.807) is 26.0 Å². The summed E-state index contributed by atoms with van der Waals surface area (Å²) in [5.41, 5.74) is 1.03. The first kappa shape index (κ1) is 21.2. The molecule has 2 heterocycles. The van der Waals surface area contributed by atoms with Gasteiger partial charge in [0.1, 0.15) is 5.82 Å². The van der Waals surface area contributed by atoms with Crippen molar-refractivity contribution in [1.82, 2.24) is 9.88 Å². The maximum absolute atomic E-state index is 14.9. The Labute approximate surface area is 187 Å². The second kappa shape index (κ2) is 8.24. The highest BCUT2D eigenvalue weighted by Gasteiger charge is 2.46. The van der Waals surface area contributed by atoms with E-state index in [1.807, 2.05) is 18.2 Å². The zero-order chi connectivity index (χ0) is 22.3. The fourth-order valence-electron chi connectivity index (χ4n) is 3.77. The number of ketones is 1. The molecule has 1 aliphatic heterocycles. The first-order chi connectivity index (χ1) is 14.8. The lowest BCUT2D eigenvalue weighted by Crippen LogP contribution is -2.31. The van der Waals surface area contributed by atoms with Gasteiger partial charge in [-0.15, -0.1) is 11.3 Å². The fraction of sp³-hybridized carbons (Fsp3) is 0.174. The molecule has 8 heteroatoms. The highest BCUT2D eigenvalue weighted by molar-refractivity contribution is 7.14. The van der Waals surface area contributed by atoms with E-state index in [1.165, 1.54) is 23.1 Å². The molecule has 0 saturated heterocycles. The molecule has 2 aromatic carbocycles. The molecule has 31 heavy (non-hydrogen) atoms. The molecule has 1 aromatic heterocycles. The van der Waals surface area contributed by atoms with Crippen molar-refractivity contribution in [2.75, 3.05) is 0 Å². The summed E-state index contributed by atoms with van der Waals surface area (Å²) in [4.78, 5) is 32.3. The molecule has 0 bridgehead atoms. The molecule has 1 N–H and O–H groups in total. The van der Waals surface area contributed by atoms with Crippen LogP contribution in [0.4, 0.5) is 4.39 Å². The van der Waals surface area contributed by atoms with Gasteiger partial charge >= 0.3 is 0 Å². The number of Topliss-reactive ketones (excluding diaryl/α,β-unsaturated/α-hetero) is 1. The molecule has 0 spiro atoms. The number of aromatic nitrogens is 1. The van der Waals surface area contributed by atoms with Crippen molar-refractivity contribution in [2.45, 2.75) is 26.4 Å². The minimum atomic E-state index is -1.17. The zero-order valence-electron chi connectivity index (χ0n) is 16.7. The normalized spacial score (nSPS) is 16.3. The van der Waals surface area contributed by atoms with Gasteiger partial charge in [0.25, 0.3) is 5.91 Å². The third-order valence-electron chi connectivity index (χ3n) is 5.13. The van der Waals surface area contributed by atoms with Crippen LogP contribution in [0, 0.1) is 19.7 Å². The molecule has 1 amide bonds. The number of aliphatic hydroxyl groups excluding tert-OH is 1. The Morgan fingerprint density at radius 1 is 1.19 bits per heavy atom. The van der Waals surface area contributed by atoms with Crippen LogP contribution >= 0.6 is 22.9 Å². The van der Waals surface area contributed by atoms with Crippen molar-refractivity contribution in [2.24, 2.45) is 0 Å². The molecule has 1 aliphatic rings. The molecular weight excluding hydrogens is 439 g/mol. The van der Waals surface area contributed by atoms with Crippen LogP contribution in [0.15, 0.2) is 59.9 Å². The van der Waals surface area contributed by atoms with Crippen LogP contribution in [0.25, 0.3) is 0 Å². The van der Waals surface area contributed by atoms with E-state index in [0.717, 1.165) is 16.9 Å². The largest absolute Gasteiger partial charge is 0.503 e. The topological polar surface area (TPSA) is 70.5 Å². The predicted molar refractivity (Wildman–Crippen MR) is 117 cm³/mol. The lowest BCUT2D eigenvalue weighted by Gasteiger charge is -2.27. The third-order valence-corrected chi connectivity index (χ3v) is 6.53. The number of hydrogen-bond acceptors (Lipinski definition) is 5. The van der Waals surface area contributed by atoms with Crippen LogP contribution in [-0.4, -0.2) is 26.7 Å². The Hall–Kier alpha value is -3.03. The Balaban J connectivity index is 1.88. The maximum Gasteiger partial charge on any atom is 0.290 e. The van der Waals surface area contributed by atoms with Crippen molar-refractivity contribution >= 4 is 34.6 Å². The van der Waals surface area contributed by atoms with Crippen molar-refractivity contribution < 1.29 is 19.1 Å². The third kappa shape index (κ3) is 3.75. The van der Waals surface area contributed by atoms with E-state index in [2.05, 4.69) is 4.98 Å². The van der Waals surface area contributed by atoms with Gasteiger partial charge < -0.3 is 10.0 Å². The van der Waals surface area contributed by atoms with E-state index >= 15 is 0 Å². The number of carbonyl (C=O) groups excluding carboxylic acids is 2. The Bertz CT molecular complexity index is 1200. The second-order valence-electron chi connectivity index (χ2n) is 7.20. The average molecular weight is 457 g/mol. The number of benzene rings is 2. The summed E-state index contributed by atoms with van der Waals surface area (Å²) in [7, 11) is 0. The first-order valence-corrected chi connectivity index (χ1v) is 10.7. The lowest BCUT2D eigenvalue weighted by atomic mass is 9.94. The predicted octanol–water partition coefficient (Wildman–Crippen LogP) is 5.33. The van der Waals surface area contributed by atoms with Gasteiger partial charge in [0.05, 0.1) is 27.2 Å². The number of rotatable bonds is 5. The monoisotopic (exact) mass is 456 g/mol. The van der Waals surface area contributed by atoms with Gasteiger partial charge in [-0.3, -0.25) is 9.59 Å². The fourth-order valence-corrected chi connectivity index (χ4v) is 4.91. The Kier molecular flexibility index (Phi) is 5.64. The molecule has 0 aliphatic carbocycles. The minimum Gasteiger partial charge on any atom is -0.503 e. The van der Waals surface area contributed by atoms with Crippen LogP contribution < -0.4 is 0 Å². The summed E-state index contributed by atoms with van der Waals surface area (Å²) < 4.78 is 14.9. The van der Waals surface area contributed by atoms with Gasteiger partial charge in [0, 0.05) is 17.1 Å². The van der Waals surface area contributed by atoms with Crippen molar-refractivity contribution in [3.63, 3.8) is 0 Å². The minimum absolute atomic E-state index is 0.0280. The van der Waals surface area contributed by atoms with Gasteiger partial charge in [-0.1, -0.05) is 48.0 Å². The van der Waals surface area contributed by atoms with Crippen LogP contribution in [0.1, 0.15) is 37.5 Å². The quantitative estimate of drug-likeness (QED) is 0.527. The van der Waals surface area contributed by atoms with Crippen molar-refractivity contribution in [1.29, 1.82) is 0 Å². The number of hydrogen-bond donors (Lipinski definition) is 1. The molecule has 3 aromatic rings. The molecule has 0 fully saturated rings. The number of carbonyl (C=O) groups is 2. The second-order valence-corrected chi connectivity index (χ2v) is 8.81. The van der Waals surface area contributed by atoms with Crippen molar-refractivity contribution in [3.8, 4) is 0 Å². The highest BCUT2D eigenvalue weighted by atomic mass is 35.5. The number of aryl methyl sites for hydroxylation is 2. The van der Waals surface area contributed by atoms with Crippen LogP contribution in [-0.2, 0) is 11.3 Å². The van der Waals surface area contributed by atoms with Gasteiger partial charge in [-0.05, 0) is 31.5 Å². The van der Waals surface area contributed by atoms with Gasteiger partial charge in [0.15, 0.2) is 5.76 Å². The van der Waals surface area contributed by atoms with E-state index in [4.69, 9.17) is 11.6 Å². The van der Waals surface area contributed by atoms with E-state index < -0.39 is 29.3 Å². The van der Waals surface area contributed by atoms with Gasteiger partial charge in [-0.25, -0.2) is 9.37 Å². The lowest BCUT2D eigenvalue weighted by molar-refractivity contribution is -0.130. The number of nitrogens with zero attached hydrogens (tertiary/aromatic N) is 2. The summed E-state index contributed by atoms with van der Waals surface area (Å²) in [5, 5.41) is 11.5. The van der Waals surface area contributed by atoms with E-state index in [9.17, 15) is 19.1 Å². The molecule has 1 atom stereocenters. The first-order valence-electron chi connectivity index (χ1n) is 9.50. The zero-order valence-corrected chi connectivity index (χ0v) is 18.3. The number of thiazole rings is 1. The molecular formula is C23H18ClFN2O3S. The molecule has 5 nitrogen and oxygen atoms in total. The van der Waals surface area contributed by atoms with Gasteiger partial charge in [-0.2, -0.15) is 0 Å². The molecule has 4 rings (SSSR count). The highest BCUT2D eigenvalue weighted by Crippen LogP contribution is 2.44. The molecule has 0 radical (unpaired) electrons. The SMILES string of the molecule is Cc1nc(C)c(C(=O)C2=C(O)C(=O)N(Cc3ccccc3)C2c2c(F)cccc2Cl)s1.